The molecule has 0 spiro atoms. The number of nitrogens with zero attached hydrogens (tertiary/aromatic N) is 4. The second kappa shape index (κ2) is 9.11. The van der Waals surface area contributed by atoms with E-state index in [2.05, 4.69) is 47.4 Å². The maximum atomic E-state index is 13.7. The number of piperidine rings is 1. The number of aryl methyl sites for hydroxylation is 5. The molecule has 2 fully saturated rings. The van der Waals surface area contributed by atoms with Gasteiger partial charge in [0, 0.05) is 25.7 Å². The van der Waals surface area contributed by atoms with Crippen molar-refractivity contribution in [1.82, 2.24) is 25.0 Å². The SMILES string of the molecule is CCn1nc(C)cc1OC(=O)NC[C@@H]1[C@H]2C[C@H]2CN1C(=O)c1nc(C)sc1-c1ccc(C)c(C)c1. The van der Waals surface area contributed by atoms with Crippen LogP contribution in [0.5, 0.6) is 5.88 Å². The summed E-state index contributed by atoms with van der Waals surface area (Å²) in [6, 6.07) is 7.95. The van der Waals surface area contributed by atoms with Crippen LogP contribution in [0.25, 0.3) is 10.4 Å². The largest absolute Gasteiger partial charge is 0.414 e. The van der Waals surface area contributed by atoms with E-state index in [0.29, 0.717) is 43.0 Å². The van der Waals surface area contributed by atoms with Crippen molar-refractivity contribution >= 4 is 23.3 Å². The number of likely N-dealkylation sites (tertiary alicyclic amines) is 1. The van der Waals surface area contributed by atoms with Crippen molar-refractivity contribution in [2.75, 3.05) is 13.1 Å². The average molecular weight is 494 g/mol. The number of hydrogen-bond acceptors (Lipinski definition) is 6. The molecule has 1 N–H and O–H groups in total. The van der Waals surface area contributed by atoms with Gasteiger partial charge in [-0.25, -0.2) is 14.5 Å². The molecule has 2 aliphatic rings. The Morgan fingerprint density at radius 2 is 1.97 bits per heavy atom. The van der Waals surface area contributed by atoms with Crippen LogP contribution in [0.1, 0.15) is 45.7 Å². The summed E-state index contributed by atoms with van der Waals surface area (Å²) in [4.78, 5) is 33.7. The summed E-state index contributed by atoms with van der Waals surface area (Å²) in [5.41, 5.74) is 4.73. The highest BCUT2D eigenvalue weighted by atomic mass is 32.1. The van der Waals surface area contributed by atoms with Gasteiger partial charge >= 0.3 is 6.09 Å². The smallest absolute Gasteiger partial charge is 0.392 e. The van der Waals surface area contributed by atoms with Gasteiger partial charge in [0.15, 0.2) is 0 Å². The van der Waals surface area contributed by atoms with Gasteiger partial charge in [0.25, 0.3) is 5.91 Å². The van der Waals surface area contributed by atoms with Gasteiger partial charge in [-0.3, -0.25) is 4.79 Å². The first-order chi connectivity index (χ1) is 16.7. The van der Waals surface area contributed by atoms with Gasteiger partial charge in [0.05, 0.1) is 21.6 Å². The Labute approximate surface area is 209 Å². The lowest BCUT2D eigenvalue weighted by Gasteiger charge is -2.27. The number of nitrogens with one attached hydrogen (secondary N) is 1. The number of rotatable bonds is 6. The summed E-state index contributed by atoms with van der Waals surface area (Å²) < 4.78 is 7.13. The molecule has 1 saturated carbocycles. The molecule has 0 radical (unpaired) electrons. The summed E-state index contributed by atoms with van der Waals surface area (Å²) in [5.74, 6) is 1.26. The van der Waals surface area contributed by atoms with Crippen molar-refractivity contribution in [1.29, 1.82) is 0 Å². The van der Waals surface area contributed by atoms with Crippen LogP contribution in [-0.2, 0) is 6.54 Å². The van der Waals surface area contributed by atoms with Gasteiger partial charge in [-0.2, -0.15) is 5.10 Å². The topological polar surface area (TPSA) is 89.4 Å². The van der Waals surface area contributed by atoms with Gasteiger partial charge < -0.3 is 15.0 Å². The minimum Gasteiger partial charge on any atom is -0.392 e. The Hall–Kier alpha value is -3.20. The molecule has 0 unspecified atom stereocenters. The Bertz CT molecular complexity index is 1300. The van der Waals surface area contributed by atoms with Crippen molar-refractivity contribution in [3.63, 3.8) is 0 Å². The quantitative estimate of drug-likeness (QED) is 0.546. The molecule has 8 nitrogen and oxygen atoms in total. The zero-order valence-corrected chi connectivity index (χ0v) is 21.6. The standard InChI is InChI=1S/C26H31N5O3S/c1-6-31-22(10-16(4)29-31)34-26(33)27-12-21-20-11-19(20)13-30(21)25(32)23-24(35-17(5)28-23)18-8-7-14(2)15(3)9-18/h7-10,19-21H,6,11-13H2,1-5H3,(H,27,33)/t19-,20-,21+/m0/s1. The van der Waals surface area contributed by atoms with Crippen LogP contribution in [0.3, 0.4) is 0 Å². The molecule has 184 valence electrons. The second-order valence-corrected chi connectivity index (χ2v) is 10.8. The van der Waals surface area contributed by atoms with Gasteiger partial charge in [-0.05, 0) is 69.6 Å². The van der Waals surface area contributed by atoms with E-state index in [4.69, 9.17) is 4.74 Å². The molecule has 1 aromatic carbocycles. The zero-order chi connectivity index (χ0) is 24.9. The third kappa shape index (κ3) is 4.57. The van der Waals surface area contributed by atoms with E-state index >= 15 is 0 Å². The predicted molar refractivity (Wildman–Crippen MR) is 135 cm³/mol. The van der Waals surface area contributed by atoms with Crippen molar-refractivity contribution < 1.29 is 14.3 Å². The van der Waals surface area contributed by atoms with E-state index in [9.17, 15) is 9.59 Å². The molecule has 3 heterocycles. The monoisotopic (exact) mass is 493 g/mol. The highest BCUT2D eigenvalue weighted by Crippen LogP contribution is 2.50. The fraction of sp³-hybridized carbons (Fsp3) is 0.462. The maximum Gasteiger partial charge on any atom is 0.414 e. The minimum absolute atomic E-state index is 0.0605. The number of thiazole rings is 1. The van der Waals surface area contributed by atoms with Crippen molar-refractivity contribution in [2.24, 2.45) is 11.8 Å². The van der Waals surface area contributed by atoms with Gasteiger partial charge in [-0.1, -0.05) is 18.2 Å². The van der Waals surface area contributed by atoms with Crippen LogP contribution in [0, 0.1) is 39.5 Å². The number of carbonyl (C=O) groups excluding carboxylic acids is 2. The van der Waals surface area contributed by atoms with Crippen molar-refractivity contribution in [3.05, 3.63) is 51.8 Å². The van der Waals surface area contributed by atoms with E-state index in [-0.39, 0.29) is 11.9 Å². The van der Waals surface area contributed by atoms with Crippen LogP contribution >= 0.6 is 11.3 Å². The third-order valence-electron chi connectivity index (χ3n) is 7.09. The zero-order valence-electron chi connectivity index (χ0n) is 20.8. The fourth-order valence-corrected chi connectivity index (χ4v) is 5.91. The maximum absolute atomic E-state index is 13.7. The minimum atomic E-state index is -0.531. The molecule has 2 aromatic heterocycles. The molecule has 3 aromatic rings. The van der Waals surface area contributed by atoms with E-state index in [1.165, 1.54) is 11.1 Å². The summed E-state index contributed by atoms with van der Waals surface area (Å²) in [6.45, 7) is 11.6. The van der Waals surface area contributed by atoms with Gasteiger partial charge in [-0.15, -0.1) is 11.3 Å². The third-order valence-corrected chi connectivity index (χ3v) is 8.11. The lowest BCUT2D eigenvalue weighted by molar-refractivity contribution is 0.0699. The lowest BCUT2D eigenvalue weighted by atomic mass is 10.0. The van der Waals surface area contributed by atoms with E-state index in [1.807, 2.05) is 25.7 Å². The van der Waals surface area contributed by atoms with Crippen LogP contribution < -0.4 is 10.1 Å². The Balaban J connectivity index is 1.31. The Morgan fingerprint density at radius 3 is 2.71 bits per heavy atom. The number of amides is 2. The molecule has 2 amide bonds. The van der Waals surface area contributed by atoms with Crippen molar-refractivity contribution in [2.45, 2.75) is 53.6 Å². The molecule has 3 atom stereocenters. The normalized spacial score (nSPS) is 20.6. The summed E-state index contributed by atoms with van der Waals surface area (Å²) in [5, 5.41) is 8.05. The highest BCUT2D eigenvalue weighted by Gasteiger charge is 2.54. The molecule has 1 aliphatic carbocycles. The van der Waals surface area contributed by atoms with E-state index in [0.717, 1.165) is 27.6 Å². The first-order valence-electron chi connectivity index (χ1n) is 12.1. The molecule has 0 bridgehead atoms. The molecular weight excluding hydrogens is 462 g/mol. The lowest BCUT2D eigenvalue weighted by Crippen LogP contribution is -2.46. The van der Waals surface area contributed by atoms with Crippen LogP contribution in [-0.4, -0.2) is 50.8 Å². The van der Waals surface area contributed by atoms with E-state index < -0.39 is 6.09 Å². The predicted octanol–water partition coefficient (Wildman–Crippen LogP) is 4.51. The van der Waals surface area contributed by atoms with Crippen molar-refractivity contribution in [3.8, 4) is 16.3 Å². The van der Waals surface area contributed by atoms with Gasteiger partial charge in [0.2, 0.25) is 5.88 Å². The molecule has 35 heavy (non-hydrogen) atoms. The Kier molecular flexibility index (Phi) is 6.13. The molecule has 1 saturated heterocycles. The van der Waals surface area contributed by atoms with Gasteiger partial charge in [0.1, 0.15) is 5.69 Å². The number of fused-ring (bicyclic) bond motifs is 1. The van der Waals surface area contributed by atoms with E-state index in [1.54, 1.807) is 22.1 Å². The van der Waals surface area contributed by atoms with Crippen LogP contribution in [0.4, 0.5) is 4.79 Å². The first-order valence-corrected chi connectivity index (χ1v) is 12.9. The Morgan fingerprint density at radius 1 is 1.17 bits per heavy atom. The summed E-state index contributed by atoms with van der Waals surface area (Å²) in [7, 11) is 0. The first kappa shape index (κ1) is 23.5. The molecule has 5 rings (SSSR count). The number of aromatic nitrogens is 3. The summed E-state index contributed by atoms with van der Waals surface area (Å²) in [6.07, 6.45) is 0.559. The number of carbonyl (C=O) groups is 2. The average Bonchev–Trinajstić information content (AvgIpc) is 3.14. The summed E-state index contributed by atoms with van der Waals surface area (Å²) >= 11 is 1.55. The molecular formula is C26H31N5O3S. The number of benzene rings is 1. The molecule has 1 aliphatic heterocycles. The molecule has 9 heteroatoms. The van der Waals surface area contributed by atoms with Crippen LogP contribution in [0.2, 0.25) is 0 Å². The number of ether oxygens (including phenoxy) is 1. The highest BCUT2D eigenvalue weighted by molar-refractivity contribution is 7.15. The van der Waals surface area contributed by atoms with Crippen LogP contribution in [0.15, 0.2) is 24.3 Å². The number of hydrogen-bond donors (Lipinski definition) is 1. The second-order valence-electron chi connectivity index (χ2n) is 9.60. The fourth-order valence-electron chi connectivity index (χ4n) is 5.00.